The van der Waals surface area contributed by atoms with E-state index < -0.39 is 24.7 Å². The van der Waals surface area contributed by atoms with E-state index in [1.807, 2.05) is 0 Å². The second kappa shape index (κ2) is 6.03. The standard InChI is InChI=1S/C10H14F3NO4/c11-10(12,13)6-18-4-2-8(15)14-3-1-7(5-14)9(16)17/h7H,1-6H2,(H,16,17). The molecule has 1 aliphatic heterocycles. The zero-order valence-electron chi connectivity index (χ0n) is 9.57. The molecule has 1 rings (SSSR count). The van der Waals surface area contributed by atoms with E-state index in [-0.39, 0.29) is 25.5 Å². The third-order valence-electron chi connectivity index (χ3n) is 2.62. The molecule has 1 fully saturated rings. The summed E-state index contributed by atoms with van der Waals surface area (Å²) in [6.07, 6.45) is -4.18. The van der Waals surface area contributed by atoms with Gasteiger partial charge in [0.05, 0.1) is 18.9 Å². The Morgan fingerprint density at radius 1 is 1.39 bits per heavy atom. The molecule has 0 bridgehead atoms. The summed E-state index contributed by atoms with van der Waals surface area (Å²) in [5, 5.41) is 8.73. The predicted octanol–water partition coefficient (Wildman–Crippen LogP) is 0.889. The molecule has 0 aromatic heterocycles. The first-order valence-electron chi connectivity index (χ1n) is 5.44. The summed E-state index contributed by atoms with van der Waals surface area (Å²) in [6.45, 7) is -1.24. The van der Waals surface area contributed by atoms with Crippen molar-refractivity contribution in [2.24, 2.45) is 5.92 Å². The van der Waals surface area contributed by atoms with Crippen LogP contribution in [0.5, 0.6) is 0 Å². The van der Waals surface area contributed by atoms with Crippen LogP contribution in [0.15, 0.2) is 0 Å². The van der Waals surface area contributed by atoms with Crippen LogP contribution in [0.1, 0.15) is 12.8 Å². The average Bonchev–Trinajstić information content (AvgIpc) is 2.72. The fraction of sp³-hybridized carbons (Fsp3) is 0.800. The van der Waals surface area contributed by atoms with Crippen molar-refractivity contribution >= 4 is 11.9 Å². The highest BCUT2D eigenvalue weighted by Crippen LogP contribution is 2.17. The molecular weight excluding hydrogens is 255 g/mol. The Bertz CT molecular complexity index is 319. The Morgan fingerprint density at radius 3 is 2.56 bits per heavy atom. The van der Waals surface area contributed by atoms with Crippen molar-refractivity contribution in [2.75, 3.05) is 26.3 Å². The van der Waals surface area contributed by atoms with Crippen molar-refractivity contribution in [3.05, 3.63) is 0 Å². The third-order valence-corrected chi connectivity index (χ3v) is 2.62. The van der Waals surface area contributed by atoms with Crippen molar-refractivity contribution in [1.29, 1.82) is 0 Å². The number of alkyl halides is 3. The molecule has 104 valence electrons. The number of hydrogen-bond acceptors (Lipinski definition) is 3. The molecule has 1 heterocycles. The number of carboxylic acid groups (broad SMARTS) is 1. The molecule has 0 aliphatic carbocycles. The minimum Gasteiger partial charge on any atom is -0.481 e. The first-order valence-corrected chi connectivity index (χ1v) is 5.44. The SMILES string of the molecule is O=C(O)C1CCN(C(=O)CCOCC(F)(F)F)C1. The summed E-state index contributed by atoms with van der Waals surface area (Å²) in [5.74, 6) is -1.91. The Kier molecular flexibility index (Phi) is 4.94. The van der Waals surface area contributed by atoms with Gasteiger partial charge in [-0.1, -0.05) is 0 Å². The van der Waals surface area contributed by atoms with Crippen LogP contribution in [0.25, 0.3) is 0 Å². The summed E-state index contributed by atoms with van der Waals surface area (Å²) in [7, 11) is 0. The van der Waals surface area contributed by atoms with Gasteiger partial charge in [0.25, 0.3) is 0 Å². The monoisotopic (exact) mass is 269 g/mol. The number of nitrogens with zero attached hydrogens (tertiary/aromatic N) is 1. The van der Waals surface area contributed by atoms with Crippen LogP contribution in [0.4, 0.5) is 13.2 Å². The van der Waals surface area contributed by atoms with Crippen LogP contribution in [0.2, 0.25) is 0 Å². The highest BCUT2D eigenvalue weighted by Gasteiger charge is 2.31. The number of ether oxygens (including phenoxy) is 1. The molecule has 5 nitrogen and oxygen atoms in total. The maximum Gasteiger partial charge on any atom is 0.411 e. The third kappa shape index (κ3) is 4.91. The molecule has 1 amide bonds. The number of likely N-dealkylation sites (tertiary alicyclic amines) is 1. The van der Waals surface area contributed by atoms with E-state index in [1.165, 1.54) is 4.90 Å². The maximum atomic E-state index is 11.7. The first kappa shape index (κ1) is 14.7. The Balaban J connectivity index is 2.20. The van der Waals surface area contributed by atoms with E-state index in [9.17, 15) is 22.8 Å². The number of rotatable bonds is 5. The summed E-state index contributed by atoms with van der Waals surface area (Å²) in [4.78, 5) is 23.5. The molecule has 1 atom stereocenters. The molecule has 8 heteroatoms. The fourth-order valence-electron chi connectivity index (χ4n) is 1.69. The van der Waals surface area contributed by atoms with Gasteiger partial charge in [-0.2, -0.15) is 13.2 Å². The molecule has 1 unspecified atom stereocenters. The van der Waals surface area contributed by atoms with Crippen molar-refractivity contribution in [3.63, 3.8) is 0 Å². The molecule has 0 spiro atoms. The van der Waals surface area contributed by atoms with E-state index in [4.69, 9.17) is 5.11 Å². The summed E-state index contributed by atoms with van der Waals surface area (Å²) >= 11 is 0. The smallest absolute Gasteiger partial charge is 0.411 e. The van der Waals surface area contributed by atoms with Gasteiger partial charge in [0, 0.05) is 13.1 Å². The number of carbonyl (C=O) groups is 2. The molecule has 18 heavy (non-hydrogen) atoms. The Morgan fingerprint density at radius 2 is 2.06 bits per heavy atom. The average molecular weight is 269 g/mol. The van der Waals surface area contributed by atoms with Gasteiger partial charge in [0.1, 0.15) is 6.61 Å². The lowest BCUT2D eigenvalue weighted by atomic mass is 10.1. The van der Waals surface area contributed by atoms with Gasteiger partial charge in [-0.3, -0.25) is 9.59 Å². The lowest BCUT2D eigenvalue weighted by Gasteiger charge is -2.15. The van der Waals surface area contributed by atoms with Gasteiger partial charge in [-0.05, 0) is 6.42 Å². The fourth-order valence-corrected chi connectivity index (χ4v) is 1.69. The van der Waals surface area contributed by atoms with Gasteiger partial charge in [0.15, 0.2) is 0 Å². The van der Waals surface area contributed by atoms with Gasteiger partial charge in [-0.25, -0.2) is 0 Å². The van der Waals surface area contributed by atoms with Crippen molar-refractivity contribution < 1.29 is 32.6 Å². The number of carboxylic acids is 1. The summed E-state index contributed by atoms with van der Waals surface area (Å²) < 4.78 is 39.5. The van der Waals surface area contributed by atoms with Crippen molar-refractivity contribution in [1.82, 2.24) is 4.90 Å². The van der Waals surface area contributed by atoms with Crippen LogP contribution in [-0.2, 0) is 14.3 Å². The number of aliphatic carboxylic acids is 1. The molecule has 1 N–H and O–H groups in total. The Labute approximate surface area is 102 Å². The van der Waals surface area contributed by atoms with Gasteiger partial charge in [0.2, 0.25) is 5.91 Å². The molecule has 0 aromatic carbocycles. The van der Waals surface area contributed by atoms with E-state index in [0.717, 1.165) is 0 Å². The second-order valence-corrected chi connectivity index (χ2v) is 4.08. The number of amides is 1. The van der Waals surface area contributed by atoms with Gasteiger partial charge in [-0.15, -0.1) is 0 Å². The molecule has 1 aliphatic rings. The Hall–Kier alpha value is -1.31. The zero-order valence-corrected chi connectivity index (χ0v) is 9.57. The molecule has 0 radical (unpaired) electrons. The van der Waals surface area contributed by atoms with Crippen LogP contribution < -0.4 is 0 Å². The number of hydrogen-bond donors (Lipinski definition) is 1. The van der Waals surface area contributed by atoms with E-state index in [0.29, 0.717) is 13.0 Å². The lowest BCUT2D eigenvalue weighted by Crippen LogP contribution is -2.31. The van der Waals surface area contributed by atoms with E-state index in [2.05, 4.69) is 4.74 Å². The number of carbonyl (C=O) groups excluding carboxylic acids is 1. The van der Waals surface area contributed by atoms with Crippen molar-refractivity contribution in [2.45, 2.75) is 19.0 Å². The summed E-state index contributed by atoms with van der Waals surface area (Å²) in [6, 6.07) is 0. The van der Waals surface area contributed by atoms with Crippen LogP contribution in [0, 0.1) is 5.92 Å². The van der Waals surface area contributed by atoms with E-state index >= 15 is 0 Å². The largest absolute Gasteiger partial charge is 0.481 e. The second-order valence-electron chi connectivity index (χ2n) is 4.08. The summed E-state index contributed by atoms with van der Waals surface area (Å²) in [5.41, 5.74) is 0. The minimum atomic E-state index is -4.40. The normalized spacial score (nSPS) is 20.2. The first-order chi connectivity index (χ1) is 8.29. The molecular formula is C10H14F3NO4. The highest BCUT2D eigenvalue weighted by atomic mass is 19.4. The number of halogens is 3. The van der Waals surface area contributed by atoms with Gasteiger partial charge >= 0.3 is 12.1 Å². The van der Waals surface area contributed by atoms with E-state index in [1.54, 1.807) is 0 Å². The maximum absolute atomic E-state index is 11.7. The molecule has 0 saturated carbocycles. The van der Waals surface area contributed by atoms with Crippen LogP contribution >= 0.6 is 0 Å². The topological polar surface area (TPSA) is 66.8 Å². The minimum absolute atomic E-state index is 0.118. The molecule has 0 aromatic rings. The molecule has 1 saturated heterocycles. The van der Waals surface area contributed by atoms with Gasteiger partial charge < -0.3 is 14.7 Å². The quantitative estimate of drug-likeness (QED) is 0.753. The zero-order chi connectivity index (χ0) is 13.8. The highest BCUT2D eigenvalue weighted by molar-refractivity contribution is 5.78. The van der Waals surface area contributed by atoms with Crippen molar-refractivity contribution in [3.8, 4) is 0 Å². The van der Waals surface area contributed by atoms with Crippen LogP contribution in [0.3, 0.4) is 0 Å². The predicted molar refractivity (Wildman–Crippen MR) is 53.8 cm³/mol. The lowest BCUT2D eigenvalue weighted by molar-refractivity contribution is -0.175. The van der Waals surface area contributed by atoms with Crippen LogP contribution in [-0.4, -0.2) is 54.4 Å².